The van der Waals surface area contributed by atoms with Gasteiger partial charge in [-0.05, 0) is 19.9 Å². The van der Waals surface area contributed by atoms with E-state index in [1.165, 1.54) is 0 Å². The Balaban J connectivity index is 2.05. The molecule has 2 heterocycles. The zero-order valence-corrected chi connectivity index (χ0v) is 12.2. The Hall–Kier alpha value is -2.37. The summed E-state index contributed by atoms with van der Waals surface area (Å²) in [6, 6.07) is 0. The molecule has 0 aliphatic rings. The van der Waals surface area contributed by atoms with E-state index >= 15 is 0 Å². The lowest BCUT2D eigenvalue weighted by atomic mass is 10.2. The van der Waals surface area contributed by atoms with E-state index in [1.54, 1.807) is 30.4 Å². The maximum atomic E-state index is 12.0. The average molecular weight is 273 g/mol. The molecular weight excluding hydrogens is 254 g/mol. The van der Waals surface area contributed by atoms with Crippen LogP contribution in [0.2, 0.25) is 0 Å². The van der Waals surface area contributed by atoms with Gasteiger partial charge in [-0.1, -0.05) is 0 Å². The molecule has 0 aromatic carbocycles. The second kappa shape index (κ2) is 5.73. The highest BCUT2D eigenvalue weighted by Gasteiger charge is 2.09. The van der Waals surface area contributed by atoms with Crippen molar-refractivity contribution in [1.82, 2.24) is 24.6 Å². The molecule has 0 aliphatic heterocycles. The molecule has 6 heteroatoms. The van der Waals surface area contributed by atoms with E-state index in [-0.39, 0.29) is 5.91 Å². The molecule has 1 amide bonds. The molecule has 0 spiro atoms. The van der Waals surface area contributed by atoms with Crippen molar-refractivity contribution in [2.45, 2.75) is 20.4 Å². The van der Waals surface area contributed by atoms with Gasteiger partial charge in [0.25, 0.3) is 0 Å². The number of nitrogens with one attached hydrogen (secondary N) is 1. The van der Waals surface area contributed by atoms with E-state index in [0.717, 1.165) is 22.8 Å². The monoisotopic (exact) mass is 273 g/mol. The minimum atomic E-state index is -0.0657. The number of likely N-dealkylation sites (N-methyl/N-ethyl adjacent to an activating group) is 1. The van der Waals surface area contributed by atoms with Gasteiger partial charge in [-0.3, -0.25) is 9.48 Å². The molecule has 2 rings (SSSR count). The molecule has 2 aromatic rings. The van der Waals surface area contributed by atoms with Crippen LogP contribution in [0.15, 0.2) is 18.5 Å². The Morgan fingerprint density at radius 2 is 2.25 bits per heavy atom. The van der Waals surface area contributed by atoms with Crippen LogP contribution in [0.3, 0.4) is 0 Å². The van der Waals surface area contributed by atoms with Gasteiger partial charge >= 0.3 is 0 Å². The first kappa shape index (κ1) is 14.0. The van der Waals surface area contributed by atoms with Gasteiger partial charge in [0, 0.05) is 43.8 Å². The summed E-state index contributed by atoms with van der Waals surface area (Å²) in [5.41, 5.74) is 2.95. The number of aryl methyl sites for hydroxylation is 2. The van der Waals surface area contributed by atoms with Crippen molar-refractivity contribution in [3.05, 3.63) is 41.2 Å². The molecule has 0 radical (unpaired) electrons. The summed E-state index contributed by atoms with van der Waals surface area (Å²) < 4.78 is 1.81. The highest BCUT2D eigenvalue weighted by molar-refractivity contribution is 5.91. The van der Waals surface area contributed by atoms with Gasteiger partial charge < -0.3 is 9.88 Å². The molecule has 106 valence electrons. The van der Waals surface area contributed by atoms with Crippen LogP contribution in [0.5, 0.6) is 0 Å². The van der Waals surface area contributed by atoms with Crippen molar-refractivity contribution in [2.75, 3.05) is 7.05 Å². The van der Waals surface area contributed by atoms with Gasteiger partial charge in [-0.2, -0.15) is 5.10 Å². The number of rotatable bonds is 4. The fraction of sp³-hybridized carbons (Fsp3) is 0.357. The highest BCUT2D eigenvalue weighted by Crippen LogP contribution is 2.13. The maximum Gasteiger partial charge on any atom is 0.246 e. The lowest BCUT2D eigenvalue weighted by Gasteiger charge is -2.12. The Labute approximate surface area is 118 Å². The van der Waals surface area contributed by atoms with E-state index in [2.05, 4.69) is 15.1 Å². The Morgan fingerprint density at radius 3 is 2.80 bits per heavy atom. The molecule has 2 aromatic heterocycles. The van der Waals surface area contributed by atoms with Gasteiger partial charge in [-0.25, -0.2) is 4.98 Å². The smallest absolute Gasteiger partial charge is 0.246 e. The van der Waals surface area contributed by atoms with E-state index in [4.69, 9.17) is 0 Å². The van der Waals surface area contributed by atoms with Crippen LogP contribution in [0.25, 0.3) is 6.08 Å². The third-order valence-corrected chi connectivity index (χ3v) is 3.28. The summed E-state index contributed by atoms with van der Waals surface area (Å²) in [5, 5.41) is 4.32. The second-order valence-corrected chi connectivity index (χ2v) is 4.77. The van der Waals surface area contributed by atoms with E-state index in [0.29, 0.717) is 6.54 Å². The first-order valence-electron chi connectivity index (χ1n) is 6.40. The molecule has 0 fully saturated rings. The van der Waals surface area contributed by atoms with Crippen LogP contribution in [-0.4, -0.2) is 37.6 Å². The van der Waals surface area contributed by atoms with Gasteiger partial charge in [-0.15, -0.1) is 0 Å². The largest absolute Gasteiger partial charge is 0.347 e. The van der Waals surface area contributed by atoms with Crippen LogP contribution < -0.4 is 0 Å². The molecule has 6 nitrogen and oxygen atoms in total. The van der Waals surface area contributed by atoms with Crippen LogP contribution >= 0.6 is 0 Å². The van der Waals surface area contributed by atoms with Crippen molar-refractivity contribution in [1.29, 1.82) is 0 Å². The number of carbonyl (C=O) groups is 1. The first-order chi connectivity index (χ1) is 9.49. The van der Waals surface area contributed by atoms with E-state index < -0.39 is 0 Å². The number of amides is 1. The summed E-state index contributed by atoms with van der Waals surface area (Å²) in [6.45, 7) is 4.38. The molecule has 0 saturated carbocycles. The lowest BCUT2D eigenvalue weighted by molar-refractivity contribution is -0.125. The van der Waals surface area contributed by atoms with Crippen molar-refractivity contribution in [3.63, 3.8) is 0 Å². The highest BCUT2D eigenvalue weighted by atomic mass is 16.2. The summed E-state index contributed by atoms with van der Waals surface area (Å²) in [6.07, 6.45) is 6.80. The molecule has 0 atom stereocenters. The van der Waals surface area contributed by atoms with Gasteiger partial charge in [0.05, 0.1) is 12.2 Å². The minimum absolute atomic E-state index is 0.0657. The standard InChI is InChI=1S/C14H19N5O/c1-10-12(11(2)19(4)17-10)5-6-14(20)18(3)9-13-15-7-8-16-13/h5-8H,9H2,1-4H3,(H,15,16). The van der Waals surface area contributed by atoms with Gasteiger partial charge in [0.15, 0.2) is 0 Å². The molecule has 0 aliphatic carbocycles. The van der Waals surface area contributed by atoms with Crippen molar-refractivity contribution in [2.24, 2.45) is 7.05 Å². The number of hydrogen-bond acceptors (Lipinski definition) is 3. The SMILES string of the molecule is Cc1nn(C)c(C)c1C=CC(=O)N(C)Cc1ncc[nH]1. The van der Waals surface area contributed by atoms with E-state index in [1.807, 2.05) is 31.7 Å². The summed E-state index contributed by atoms with van der Waals surface area (Å²) in [5.74, 6) is 0.701. The van der Waals surface area contributed by atoms with Gasteiger partial charge in [0.2, 0.25) is 5.91 Å². The number of hydrogen-bond donors (Lipinski definition) is 1. The van der Waals surface area contributed by atoms with Crippen molar-refractivity contribution < 1.29 is 4.79 Å². The van der Waals surface area contributed by atoms with Crippen LogP contribution in [0.1, 0.15) is 22.8 Å². The Bertz CT molecular complexity index is 624. The second-order valence-electron chi connectivity index (χ2n) is 4.77. The van der Waals surface area contributed by atoms with Crippen molar-refractivity contribution in [3.8, 4) is 0 Å². The number of aromatic nitrogens is 4. The summed E-state index contributed by atoms with van der Waals surface area (Å²) >= 11 is 0. The third-order valence-electron chi connectivity index (χ3n) is 3.28. The molecule has 0 bridgehead atoms. The zero-order chi connectivity index (χ0) is 14.7. The normalized spacial score (nSPS) is 11.2. The fourth-order valence-electron chi connectivity index (χ4n) is 2.00. The number of carbonyl (C=O) groups excluding carboxylic acids is 1. The Morgan fingerprint density at radius 1 is 1.50 bits per heavy atom. The Kier molecular flexibility index (Phi) is 4.02. The lowest BCUT2D eigenvalue weighted by Crippen LogP contribution is -2.24. The predicted molar refractivity (Wildman–Crippen MR) is 76.8 cm³/mol. The molecule has 20 heavy (non-hydrogen) atoms. The number of H-pyrrole nitrogens is 1. The first-order valence-corrected chi connectivity index (χ1v) is 6.40. The van der Waals surface area contributed by atoms with Crippen LogP contribution in [-0.2, 0) is 18.4 Å². The number of aromatic amines is 1. The summed E-state index contributed by atoms with van der Waals surface area (Å²) in [4.78, 5) is 20.7. The average Bonchev–Trinajstić information content (AvgIpc) is 2.98. The maximum absolute atomic E-state index is 12.0. The van der Waals surface area contributed by atoms with Crippen LogP contribution in [0, 0.1) is 13.8 Å². The van der Waals surface area contributed by atoms with E-state index in [9.17, 15) is 4.79 Å². The molecule has 1 N–H and O–H groups in total. The number of nitrogens with zero attached hydrogens (tertiary/aromatic N) is 4. The summed E-state index contributed by atoms with van der Waals surface area (Å²) in [7, 11) is 3.64. The fourth-order valence-corrected chi connectivity index (χ4v) is 2.00. The molecule has 0 unspecified atom stereocenters. The quantitative estimate of drug-likeness (QED) is 0.857. The van der Waals surface area contributed by atoms with Crippen LogP contribution in [0.4, 0.5) is 0 Å². The minimum Gasteiger partial charge on any atom is -0.347 e. The van der Waals surface area contributed by atoms with Crippen molar-refractivity contribution >= 4 is 12.0 Å². The van der Waals surface area contributed by atoms with Gasteiger partial charge in [0.1, 0.15) is 5.82 Å². The molecular formula is C14H19N5O. The molecule has 0 saturated heterocycles. The predicted octanol–water partition coefficient (Wildman–Crippen LogP) is 1.43. The zero-order valence-electron chi connectivity index (χ0n) is 12.2. The number of imidazole rings is 1. The topological polar surface area (TPSA) is 66.8 Å². The third kappa shape index (κ3) is 2.96.